The molecule has 3 rings (SSSR count). The largest absolute Gasteiger partial charge is 0.475 e. The fraction of sp³-hybridized carbons (Fsp3) is 0.125. The van der Waals surface area contributed by atoms with Crippen molar-refractivity contribution in [2.45, 2.75) is 13.5 Å². The van der Waals surface area contributed by atoms with E-state index in [1.807, 2.05) is 41.1 Å². The van der Waals surface area contributed by atoms with Crippen LogP contribution in [0.1, 0.15) is 21.9 Å². The monoisotopic (exact) mass is 282 g/mol. The van der Waals surface area contributed by atoms with Gasteiger partial charge in [-0.2, -0.15) is 0 Å². The topological polar surface area (TPSA) is 68.3 Å². The summed E-state index contributed by atoms with van der Waals surface area (Å²) in [5, 5.41) is 9.02. The second kappa shape index (κ2) is 5.28. The van der Waals surface area contributed by atoms with Crippen LogP contribution >= 0.6 is 0 Å². The van der Waals surface area contributed by atoms with Crippen molar-refractivity contribution in [3.8, 4) is 11.4 Å². The Balaban J connectivity index is 1.92. The molecule has 0 amide bonds. The second-order valence-corrected chi connectivity index (χ2v) is 4.77. The lowest BCUT2D eigenvalue weighted by molar-refractivity contribution is 0.0659. The van der Waals surface area contributed by atoms with E-state index in [4.69, 9.17) is 9.52 Å². The zero-order chi connectivity index (χ0) is 14.8. The lowest BCUT2D eigenvalue weighted by Gasteiger charge is -2.05. The van der Waals surface area contributed by atoms with Gasteiger partial charge in [0.15, 0.2) is 0 Å². The number of hydrogen-bond acceptors (Lipinski definition) is 3. The van der Waals surface area contributed by atoms with Gasteiger partial charge in [-0.25, -0.2) is 9.78 Å². The minimum atomic E-state index is -1.05. The first-order valence-corrected chi connectivity index (χ1v) is 6.54. The van der Waals surface area contributed by atoms with Crippen molar-refractivity contribution in [2.24, 2.45) is 0 Å². The Kier molecular flexibility index (Phi) is 3.31. The van der Waals surface area contributed by atoms with Crippen LogP contribution < -0.4 is 0 Å². The van der Waals surface area contributed by atoms with Crippen molar-refractivity contribution in [1.29, 1.82) is 0 Å². The van der Waals surface area contributed by atoms with Crippen molar-refractivity contribution in [2.75, 3.05) is 0 Å². The summed E-state index contributed by atoms with van der Waals surface area (Å²) < 4.78 is 7.32. The van der Waals surface area contributed by atoms with Gasteiger partial charge in [-0.3, -0.25) is 0 Å². The van der Waals surface area contributed by atoms with Gasteiger partial charge in [0, 0.05) is 23.5 Å². The van der Waals surface area contributed by atoms with Crippen molar-refractivity contribution in [3.05, 3.63) is 65.9 Å². The smallest absolute Gasteiger partial charge is 0.372 e. The molecule has 2 heterocycles. The molecule has 3 aromatic rings. The first-order valence-electron chi connectivity index (χ1n) is 6.54. The van der Waals surface area contributed by atoms with E-state index in [2.05, 4.69) is 4.98 Å². The van der Waals surface area contributed by atoms with Gasteiger partial charge >= 0.3 is 5.97 Å². The molecule has 0 aliphatic heterocycles. The van der Waals surface area contributed by atoms with Crippen molar-refractivity contribution >= 4 is 5.97 Å². The molecule has 0 fully saturated rings. The molecule has 5 heteroatoms. The van der Waals surface area contributed by atoms with E-state index in [9.17, 15) is 4.79 Å². The SMILES string of the molecule is Cc1cc(Cn2ccnc2-c2ccccc2)oc1C(=O)O. The summed E-state index contributed by atoms with van der Waals surface area (Å²) in [6.45, 7) is 2.17. The number of carboxylic acids is 1. The summed E-state index contributed by atoms with van der Waals surface area (Å²) in [5.74, 6) is 0.362. The number of rotatable bonds is 4. The average Bonchev–Trinajstić information content (AvgIpc) is 3.07. The number of carbonyl (C=O) groups is 1. The van der Waals surface area contributed by atoms with E-state index in [-0.39, 0.29) is 5.76 Å². The van der Waals surface area contributed by atoms with Gasteiger partial charge < -0.3 is 14.1 Å². The van der Waals surface area contributed by atoms with E-state index >= 15 is 0 Å². The fourth-order valence-electron chi connectivity index (χ4n) is 2.29. The highest BCUT2D eigenvalue weighted by molar-refractivity contribution is 5.86. The molecule has 0 bridgehead atoms. The molecule has 0 atom stereocenters. The summed E-state index contributed by atoms with van der Waals surface area (Å²) in [6.07, 6.45) is 3.57. The molecule has 0 radical (unpaired) electrons. The average molecular weight is 282 g/mol. The fourth-order valence-corrected chi connectivity index (χ4v) is 2.29. The minimum Gasteiger partial charge on any atom is -0.475 e. The second-order valence-electron chi connectivity index (χ2n) is 4.77. The number of furan rings is 1. The Hall–Kier alpha value is -2.82. The maximum absolute atomic E-state index is 11.0. The third kappa shape index (κ3) is 2.58. The Morgan fingerprint density at radius 3 is 2.76 bits per heavy atom. The van der Waals surface area contributed by atoms with E-state index in [0.717, 1.165) is 11.4 Å². The van der Waals surface area contributed by atoms with Crippen LogP contribution in [-0.4, -0.2) is 20.6 Å². The number of aromatic carboxylic acids is 1. The highest BCUT2D eigenvalue weighted by Crippen LogP contribution is 2.20. The number of aryl methyl sites for hydroxylation is 1. The Bertz CT molecular complexity index is 772. The third-order valence-electron chi connectivity index (χ3n) is 3.24. The molecule has 1 N–H and O–H groups in total. The normalized spacial score (nSPS) is 10.7. The maximum Gasteiger partial charge on any atom is 0.372 e. The molecule has 106 valence electrons. The number of benzene rings is 1. The van der Waals surface area contributed by atoms with Crippen molar-refractivity contribution in [3.63, 3.8) is 0 Å². The van der Waals surface area contributed by atoms with E-state index < -0.39 is 5.97 Å². The summed E-state index contributed by atoms with van der Waals surface area (Å²) in [4.78, 5) is 15.4. The molecule has 0 saturated heterocycles. The molecule has 2 aromatic heterocycles. The maximum atomic E-state index is 11.0. The number of hydrogen-bond donors (Lipinski definition) is 1. The molecule has 1 aromatic carbocycles. The Morgan fingerprint density at radius 2 is 2.10 bits per heavy atom. The highest BCUT2D eigenvalue weighted by atomic mass is 16.4. The summed E-state index contributed by atoms with van der Waals surface area (Å²) in [6, 6.07) is 11.6. The molecule has 0 unspecified atom stereocenters. The van der Waals surface area contributed by atoms with E-state index in [1.54, 1.807) is 19.2 Å². The molecule has 0 aliphatic rings. The molecule has 21 heavy (non-hydrogen) atoms. The van der Waals surface area contributed by atoms with Crippen LogP contribution in [0.3, 0.4) is 0 Å². The van der Waals surface area contributed by atoms with Gasteiger partial charge in [-0.15, -0.1) is 0 Å². The lowest BCUT2D eigenvalue weighted by Crippen LogP contribution is -2.00. The van der Waals surface area contributed by atoms with Crippen LogP contribution in [0.4, 0.5) is 0 Å². The number of nitrogens with zero attached hydrogens (tertiary/aromatic N) is 2. The van der Waals surface area contributed by atoms with Gasteiger partial charge in [-0.05, 0) is 13.0 Å². The Morgan fingerprint density at radius 1 is 1.33 bits per heavy atom. The van der Waals surface area contributed by atoms with Crippen LogP contribution in [-0.2, 0) is 6.54 Å². The zero-order valence-electron chi connectivity index (χ0n) is 11.5. The lowest BCUT2D eigenvalue weighted by atomic mass is 10.2. The first-order chi connectivity index (χ1) is 10.1. The Labute approximate surface area is 121 Å². The van der Waals surface area contributed by atoms with Crippen molar-refractivity contribution < 1.29 is 14.3 Å². The number of carboxylic acid groups (broad SMARTS) is 1. The van der Waals surface area contributed by atoms with Crippen LogP contribution in [0.25, 0.3) is 11.4 Å². The zero-order valence-corrected chi connectivity index (χ0v) is 11.5. The van der Waals surface area contributed by atoms with Crippen LogP contribution in [0.2, 0.25) is 0 Å². The van der Waals surface area contributed by atoms with Gasteiger partial charge in [0.1, 0.15) is 11.6 Å². The predicted molar refractivity (Wildman–Crippen MR) is 77.2 cm³/mol. The van der Waals surface area contributed by atoms with Gasteiger partial charge in [0.25, 0.3) is 0 Å². The van der Waals surface area contributed by atoms with Crippen LogP contribution in [0.15, 0.2) is 53.2 Å². The molecule has 5 nitrogen and oxygen atoms in total. The molecule has 0 aliphatic carbocycles. The van der Waals surface area contributed by atoms with E-state index in [1.165, 1.54) is 0 Å². The number of aromatic nitrogens is 2. The minimum absolute atomic E-state index is 0.00798. The van der Waals surface area contributed by atoms with Crippen LogP contribution in [0.5, 0.6) is 0 Å². The van der Waals surface area contributed by atoms with Gasteiger partial charge in [-0.1, -0.05) is 30.3 Å². The molecule has 0 saturated carbocycles. The third-order valence-corrected chi connectivity index (χ3v) is 3.24. The standard InChI is InChI=1S/C16H14N2O3/c1-11-9-13(21-14(11)16(19)20)10-18-8-7-17-15(18)12-5-3-2-4-6-12/h2-9H,10H2,1H3,(H,19,20). The molecule has 0 spiro atoms. The summed E-state index contributed by atoms with van der Waals surface area (Å²) in [5.41, 5.74) is 1.63. The quantitative estimate of drug-likeness (QED) is 0.798. The van der Waals surface area contributed by atoms with E-state index in [0.29, 0.717) is 17.9 Å². The first kappa shape index (κ1) is 13.2. The predicted octanol–water partition coefficient (Wildman–Crippen LogP) is 3.20. The van der Waals surface area contributed by atoms with Gasteiger partial charge in [0.2, 0.25) is 5.76 Å². The van der Waals surface area contributed by atoms with Gasteiger partial charge in [0.05, 0.1) is 6.54 Å². The molecular formula is C16H14N2O3. The summed E-state index contributed by atoms with van der Waals surface area (Å²) in [7, 11) is 0. The number of imidazole rings is 1. The van der Waals surface area contributed by atoms with Crippen molar-refractivity contribution in [1.82, 2.24) is 9.55 Å². The summed E-state index contributed by atoms with van der Waals surface area (Å²) >= 11 is 0. The van der Waals surface area contributed by atoms with Crippen LogP contribution in [0, 0.1) is 6.92 Å². The molecular weight excluding hydrogens is 268 g/mol. The highest BCUT2D eigenvalue weighted by Gasteiger charge is 2.15.